The van der Waals surface area contributed by atoms with E-state index in [9.17, 15) is 0 Å². The van der Waals surface area contributed by atoms with Gasteiger partial charge in [0.25, 0.3) is 0 Å². The molecule has 0 bridgehead atoms. The summed E-state index contributed by atoms with van der Waals surface area (Å²) in [5.41, 5.74) is 3.32. The molecule has 0 saturated carbocycles. The Balaban J connectivity index is 1.71. The van der Waals surface area contributed by atoms with Gasteiger partial charge >= 0.3 is 0 Å². The number of aliphatic imine (C=N–C) groups is 1. The van der Waals surface area contributed by atoms with E-state index >= 15 is 0 Å². The highest BCUT2D eigenvalue weighted by molar-refractivity contribution is 5.80. The third-order valence-corrected chi connectivity index (χ3v) is 4.78. The second-order valence-electron chi connectivity index (χ2n) is 7.43. The molecule has 2 aromatic rings. The minimum Gasteiger partial charge on any atom is -0.487 e. The van der Waals surface area contributed by atoms with Crippen LogP contribution in [0.15, 0.2) is 53.5 Å². The molecule has 144 valence electrons. The maximum Gasteiger partial charge on any atom is 0.191 e. The molecule has 5 nitrogen and oxygen atoms in total. The molecule has 0 aromatic heterocycles. The van der Waals surface area contributed by atoms with Crippen molar-refractivity contribution in [2.75, 3.05) is 14.2 Å². The molecule has 0 radical (unpaired) electrons. The second-order valence-corrected chi connectivity index (χ2v) is 7.43. The minimum atomic E-state index is -0.226. The monoisotopic (exact) mass is 367 g/mol. The number of nitrogens with zero attached hydrogens (tertiary/aromatic N) is 1. The third kappa shape index (κ3) is 4.80. The number of benzene rings is 2. The summed E-state index contributed by atoms with van der Waals surface area (Å²) in [5, 5.41) is 7.00. The molecule has 1 unspecified atom stereocenters. The quantitative estimate of drug-likeness (QED) is 0.623. The predicted octanol–water partition coefficient (Wildman–Crippen LogP) is 3.80. The number of hydrogen-bond acceptors (Lipinski definition) is 3. The Morgan fingerprint density at radius 3 is 2.59 bits per heavy atom. The molecule has 0 amide bonds. The summed E-state index contributed by atoms with van der Waals surface area (Å²) in [4.78, 5) is 4.42. The van der Waals surface area contributed by atoms with Gasteiger partial charge in [-0.25, -0.2) is 0 Å². The number of methoxy groups -OCH3 is 1. The number of hydrogen-bond donors (Lipinski definition) is 2. The molecule has 1 aliphatic heterocycles. The summed E-state index contributed by atoms with van der Waals surface area (Å²) < 4.78 is 11.4. The number of rotatable bonds is 5. The van der Waals surface area contributed by atoms with E-state index in [0.29, 0.717) is 13.2 Å². The zero-order chi connectivity index (χ0) is 19.3. The first kappa shape index (κ1) is 19.2. The van der Waals surface area contributed by atoms with Crippen LogP contribution in [-0.2, 0) is 17.9 Å². The van der Waals surface area contributed by atoms with Gasteiger partial charge in [-0.05, 0) is 31.0 Å². The van der Waals surface area contributed by atoms with Gasteiger partial charge in [-0.1, -0.05) is 42.5 Å². The number of ether oxygens (including phenoxy) is 2. The van der Waals surface area contributed by atoms with Crippen molar-refractivity contribution in [3.05, 3.63) is 65.2 Å². The van der Waals surface area contributed by atoms with Crippen LogP contribution in [0.5, 0.6) is 5.75 Å². The number of fused-ring (bicyclic) bond motifs is 1. The van der Waals surface area contributed by atoms with E-state index in [1.165, 1.54) is 16.7 Å². The minimum absolute atomic E-state index is 0.144. The lowest BCUT2D eigenvalue weighted by Gasteiger charge is -2.38. The Morgan fingerprint density at radius 2 is 1.85 bits per heavy atom. The van der Waals surface area contributed by atoms with E-state index in [1.54, 1.807) is 14.2 Å². The van der Waals surface area contributed by atoms with Crippen LogP contribution in [0.2, 0.25) is 0 Å². The molecule has 0 fully saturated rings. The number of nitrogens with one attached hydrogen (secondary N) is 2. The third-order valence-electron chi connectivity index (χ3n) is 4.78. The number of para-hydroxylation sites is 1. The Kier molecular flexibility index (Phi) is 6.01. The average molecular weight is 367 g/mol. The number of guanidine groups is 1. The maximum atomic E-state index is 6.12. The van der Waals surface area contributed by atoms with Crippen LogP contribution in [0.25, 0.3) is 0 Å². The SMILES string of the molecule is CN=C(NCc1ccccc1COC)NC1CC(C)(C)Oc2ccccc21. The smallest absolute Gasteiger partial charge is 0.191 e. The molecule has 0 spiro atoms. The highest BCUT2D eigenvalue weighted by atomic mass is 16.5. The van der Waals surface area contributed by atoms with Gasteiger partial charge in [0, 0.05) is 32.7 Å². The Morgan fingerprint density at radius 1 is 1.15 bits per heavy atom. The summed E-state index contributed by atoms with van der Waals surface area (Å²) >= 11 is 0. The Bertz CT molecular complexity index is 802. The lowest BCUT2D eigenvalue weighted by atomic mass is 9.90. The van der Waals surface area contributed by atoms with Gasteiger partial charge < -0.3 is 20.1 Å². The Hall–Kier alpha value is -2.53. The fourth-order valence-electron chi connectivity index (χ4n) is 3.50. The van der Waals surface area contributed by atoms with Gasteiger partial charge in [0.2, 0.25) is 0 Å². The summed E-state index contributed by atoms with van der Waals surface area (Å²) in [6.45, 7) is 5.53. The largest absolute Gasteiger partial charge is 0.487 e. The van der Waals surface area contributed by atoms with E-state index < -0.39 is 0 Å². The van der Waals surface area contributed by atoms with Crippen LogP contribution in [0.4, 0.5) is 0 Å². The Labute approximate surface area is 161 Å². The lowest BCUT2D eigenvalue weighted by Crippen LogP contribution is -2.45. The molecule has 0 saturated heterocycles. The van der Waals surface area contributed by atoms with Gasteiger partial charge in [0.15, 0.2) is 5.96 Å². The summed E-state index contributed by atoms with van der Waals surface area (Å²) in [5.74, 6) is 1.71. The van der Waals surface area contributed by atoms with E-state index in [0.717, 1.165) is 18.1 Å². The highest BCUT2D eigenvalue weighted by Crippen LogP contribution is 2.39. The fourth-order valence-corrected chi connectivity index (χ4v) is 3.50. The van der Waals surface area contributed by atoms with Gasteiger partial charge in [-0.2, -0.15) is 0 Å². The second kappa shape index (κ2) is 8.44. The van der Waals surface area contributed by atoms with Crippen molar-refractivity contribution in [1.82, 2.24) is 10.6 Å². The van der Waals surface area contributed by atoms with Crippen molar-refractivity contribution >= 4 is 5.96 Å². The molecule has 0 aliphatic carbocycles. The molecule has 27 heavy (non-hydrogen) atoms. The van der Waals surface area contributed by atoms with Crippen LogP contribution in [0, 0.1) is 0 Å². The normalized spacial score (nSPS) is 18.4. The molecule has 1 heterocycles. The summed E-state index contributed by atoms with van der Waals surface area (Å²) in [6, 6.07) is 16.6. The zero-order valence-corrected chi connectivity index (χ0v) is 16.6. The van der Waals surface area contributed by atoms with Crippen LogP contribution < -0.4 is 15.4 Å². The standard InChI is InChI=1S/C22H29N3O2/c1-22(2)13-19(18-11-7-8-12-20(18)27-22)25-21(23-3)24-14-16-9-5-6-10-17(16)15-26-4/h5-12,19H,13-15H2,1-4H3,(H2,23,24,25). The van der Waals surface area contributed by atoms with Crippen molar-refractivity contribution in [2.24, 2.45) is 4.99 Å². The molecule has 2 aromatic carbocycles. The topological polar surface area (TPSA) is 54.9 Å². The predicted molar refractivity (Wildman–Crippen MR) is 109 cm³/mol. The van der Waals surface area contributed by atoms with Gasteiger partial charge in [-0.15, -0.1) is 0 Å². The van der Waals surface area contributed by atoms with E-state index in [1.807, 2.05) is 30.3 Å². The molecular weight excluding hydrogens is 338 g/mol. The molecule has 3 rings (SSSR count). The first-order chi connectivity index (χ1) is 13.0. The fraction of sp³-hybridized carbons (Fsp3) is 0.409. The van der Waals surface area contributed by atoms with Crippen molar-refractivity contribution in [1.29, 1.82) is 0 Å². The van der Waals surface area contributed by atoms with Crippen molar-refractivity contribution in [3.63, 3.8) is 0 Å². The van der Waals surface area contributed by atoms with Crippen LogP contribution >= 0.6 is 0 Å². The molecule has 5 heteroatoms. The van der Waals surface area contributed by atoms with Crippen molar-refractivity contribution in [3.8, 4) is 5.75 Å². The van der Waals surface area contributed by atoms with Crippen LogP contribution in [-0.4, -0.2) is 25.7 Å². The molecular formula is C22H29N3O2. The van der Waals surface area contributed by atoms with Gasteiger partial charge in [0.1, 0.15) is 11.4 Å². The van der Waals surface area contributed by atoms with Crippen LogP contribution in [0.1, 0.15) is 43.0 Å². The maximum absolute atomic E-state index is 6.12. The van der Waals surface area contributed by atoms with Crippen molar-refractivity contribution in [2.45, 2.75) is 45.1 Å². The van der Waals surface area contributed by atoms with E-state index in [2.05, 4.69) is 47.7 Å². The van der Waals surface area contributed by atoms with Crippen molar-refractivity contribution < 1.29 is 9.47 Å². The molecule has 2 N–H and O–H groups in total. The van der Waals surface area contributed by atoms with Gasteiger partial charge in [0.05, 0.1) is 12.6 Å². The van der Waals surface area contributed by atoms with Gasteiger partial charge in [-0.3, -0.25) is 4.99 Å². The molecule has 1 aliphatic rings. The summed E-state index contributed by atoms with van der Waals surface area (Å²) in [6.07, 6.45) is 0.866. The lowest BCUT2D eigenvalue weighted by molar-refractivity contribution is 0.0694. The highest BCUT2D eigenvalue weighted by Gasteiger charge is 2.33. The van der Waals surface area contributed by atoms with E-state index in [-0.39, 0.29) is 11.6 Å². The first-order valence-electron chi connectivity index (χ1n) is 9.33. The van der Waals surface area contributed by atoms with Crippen LogP contribution in [0.3, 0.4) is 0 Å². The zero-order valence-electron chi connectivity index (χ0n) is 16.6. The summed E-state index contributed by atoms with van der Waals surface area (Å²) in [7, 11) is 3.52. The van der Waals surface area contributed by atoms with E-state index in [4.69, 9.17) is 9.47 Å². The molecule has 1 atom stereocenters. The average Bonchev–Trinajstić information content (AvgIpc) is 2.65. The first-order valence-corrected chi connectivity index (χ1v) is 9.33.